The van der Waals surface area contributed by atoms with Crippen LogP contribution in [-0.2, 0) is 0 Å². The maximum atomic E-state index is 4.54. The Balaban J connectivity index is 1.96. The van der Waals surface area contributed by atoms with E-state index in [2.05, 4.69) is 68.2 Å². The normalized spacial score (nSPS) is 10.8. The third-order valence-corrected chi connectivity index (χ3v) is 3.95. The van der Waals surface area contributed by atoms with Gasteiger partial charge in [-0.1, -0.05) is 54.6 Å². The van der Waals surface area contributed by atoms with Gasteiger partial charge in [-0.15, -0.1) is 0 Å². The second-order valence-corrected chi connectivity index (χ2v) is 5.27. The lowest BCUT2D eigenvalue weighted by atomic mass is 9.98. The topological polar surface area (TPSA) is 42.2 Å². The first kappa shape index (κ1) is 13.5. The molecule has 1 N–H and O–H groups in total. The number of aromatic nitrogens is 3. The first-order valence-corrected chi connectivity index (χ1v) is 7.53. The van der Waals surface area contributed by atoms with Gasteiger partial charge in [-0.05, 0) is 11.1 Å². The molecule has 0 bridgehead atoms. The molecule has 112 valence electrons. The molecule has 0 saturated heterocycles. The molecule has 0 amide bonds. The van der Waals surface area contributed by atoms with Crippen molar-refractivity contribution < 1.29 is 0 Å². The van der Waals surface area contributed by atoms with Gasteiger partial charge >= 0.3 is 0 Å². The van der Waals surface area contributed by atoms with E-state index in [1.807, 2.05) is 25.5 Å². The number of hydrogen-bond donors (Lipinski definition) is 1. The van der Waals surface area contributed by atoms with Gasteiger partial charge < -0.3 is 5.32 Å². The third kappa shape index (κ3) is 2.25. The smallest absolute Gasteiger partial charge is 0.180 e. The SMILES string of the molecule is CNc1nccn2c(-c3ccccc3-c3ccccc3)cnc12. The minimum atomic E-state index is 0.774. The monoisotopic (exact) mass is 300 g/mol. The minimum absolute atomic E-state index is 0.774. The van der Waals surface area contributed by atoms with Gasteiger partial charge in [-0.2, -0.15) is 0 Å². The summed E-state index contributed by atoms with van der Waals surface area (Å²) in [5, 5.41) is 3.09. The molecule has 0 unspecified atom stereocenters. The van der Waals surface area contributed by atoms with Gasteiger partial charge in [0.2, 0.25) is 0 Å². The van der Waals surface area contributed by atoms with E-state index in [4.69, 9.17) is 0 Å². The standard InChI is InChI=1S/C19H16N4/c1-20-18-19-22-13-17(23(19)12-11-21-18)16-10-6-5-9-15(16)14-7-3-2-4-8-14/h2-13H,1H3,(H,20,21). The maximum Gasteiger partial charge on any atom is 0.180 e. The second-order valence-electron chi connectivity index (χ2n) is 5.27. The van der Waals surface area contributed by atoms with Crippen molar-refractivity contribution in [3.63, 3.8) is 0 Å². The third-order valence-electron chi connectivity index (χ3n) is 3.95. The van der Waals surface area contributed by atoms with Crippen LogP contribution in [0.25, 0.3) is 28.0 Å². The van der Waals surface area contributed by atoms with E-state index in [-0.39, 0.29) is 0 Å². The van der Waals surface area contributed by atoms with E-state index in [0.717, 1.165) is 22.7 Å². The molecule has 0 saturated carbocycles. The summed E-state index contributed by atoms with van der Waals surface area (Å²) >= 11 is 0. The molecule has 0 aliphatic carbocycles. The number of rotatable bonds is 3. The second kappa shape index (κ2) is 5.57. The van der Waals surface area contributed by atoms with Crippen LogP contribution in [0, 0.1) is 0 Å². The number of fused-ring (bicyclic) bond motifs is 1. The minimum Gasteiger partial charge on any atom is -0.370 e. The molecule has 23 heavy (non-hydrogen) atoms. The van der Waals surface area contributed by atoms with Crippen LogP contribution in [0.2, 0.25) is 0 Å². The molecule has 0 spiro atoms. The summed E-state index contributed by atoms with van der Waals surface area (Å²) in [5.41, 5.74) is 5.42. The van der Waals surface area contributed by atoms with Crippen LogP contribution in [0.15, 0.2) is 73.2 Å². The fourth-order valence-electron chi connectivity index (χ4n) is 2.87. The summed E-state index contributed by atoms with van der Waals surface area (Å²) in [7, 11) is 1.86. The van der Waals surface area contributed by atoms with Crippen LogP contribution in [-0.4, -0.2) is 21.4 Å². The van der Waals surface area contributed by atoms with Crippen LogP contribution in [0.5, 0.6) is 0 Å². The molecular formula is C19H16N4. The molecule has 2 heterocycles. The zero-order chi connectivity index (χ0) is 15.6. The molecular weight excluding hydrogens is 284 g/mol. The van der Waals surface area contributed by atoms with Crippen molar-refractivity contribution >= 4 is 11.5 Å². The van der Waals surface area contributed by atoms with Crippen LogP contribution < -0.4 is 5.32 Å². The van der Waals surface area contributed by atoms with Crippen molar-refractivity contribution in [3.05, 3.63) is 73.2 Å². The molecule has 0 atom stereocenters. The van der Waals surface area contributed by atoms with Crippen molar-refractivity contribution in [2.45, 2.75) is 0 Å². The molecule has 2 aromatic carbocycles. The van der Waals surface area contributed by atoms with E-state index < -0.39 is 0 Å². The summed E-state index contributed by atoms with van der Waals surface area (Å²) in [6.07, 6.45) is 5.63. The number of imidazole rings is 1. The van der Waals surface area contributed by atoms with Crippen molar-refractivity contribution in [2.75, 3.05) is 12.4 Å². The lowest BCUT2D eigenvalue weighted by Crippen LogP contribution is -1.98. The highest BCUT2D eigenvalue weighted by Gasteiger charge is 2.13. The van der Waals surface area contributed by atoms with E-state index in [9.17, 15) is 0 Å². The Morgan fingerprint density at radius 3 is 2.39 bits per heavy atom. The molecule has 0 aliphatic heterocycles. The molecule has 4 heteroatoms. The van der Waals surface area contributed by atoms with Gasteiger partial charge in [0.05, 0.1) is 11.9 Å². The predicted molar refractivity (Wildman–Crippen MR) is 93.4 cm³/mol. The summed E-state index contributed by atoms with van der Waals surface area (Å²) in [4.78, 5) is 8.86. The number of nitrogens with one attached hydrogen (secondary N) is 1. The largest absolute Gasteiger partial charge is 0.370 e. The first-order chi connectivity index (χ1) is 11.4. The van der Waals surface area contributed by atoms with Gasteiger partial charge in [0.25, 0.3) is 0 Å². The van der Waals surface area contributed by atoms with E-state index >= 15 is 0 Å². The molecule has 4 aromatic rings. The number of nitrogens with zero attached hydrogens (tertiary/aromatic N) is 3. The van der Waals surface area contributed by atoms with Gasteiger partial charge in [-0.25, -0.2) is 9.97 Å². The molecule has 2 aromatic heterocycles. The van der Waals surface area contributed by atoms with Crippen LogP contribution in [0.1, 0.15) is 0 Å². The molecule has 4 nitrogen and oxygen atoms in total. The van der Waals surface area contributed by atoms with Crippen LogP contribution >= 0.6 is 0 Å². The summed E-state index contributed by atoms with van der Waals surface area (Å²) < 4.78 is 2.07. The van der Waals surface area contributed by atoms with Crippen molar-refractivity contribution in [1.82, 2.24) is 14.4 Å². The van der Waals surface area contributed by atoms with Crippen molar-refractivity contribution in [2.24, 2.45) is 0 Å². The first-order valence-electron chi connectivity index (χ1n) is 7.53. The Bertz CT molecular complexity index is 957. The van der Waals surface area contributed by atoms with E-state index in [1.54, 1.807) is 6.20 Å². The Hall–Kier alpha value is -3.14. The van der Waals surface area contributed by atoms with E-state index in [0.29, 0.717) is 0 Å². The van der Waals surface area contributed by atoms with Crippen molar-refractivity contribution in [1.29, 1.82) is 0 Å². The summed E-state index contributed by atoms with van der Waals surface area (Å²) in [6, 6.07) is 18.8. The fraction of sp³-hybridized carbons (Fsp3) is 0.0526. The van der Waals surface area contributed by atoms with Crippen molar-refractivity contribution in [3.8, 4) is 22.4 Å². The van der Waals surface area contributed by atoms with Crippen LogP contribution in [0.4, 0.5) is 5.82 Å². The molecule has 0 radical (unpaired) electrons. The Labute approximate surface area is 134 Å². The lowest BCUT2D eigenvalue weighted by molar-refractivity contribution is 1.13. The molecule has 0 aliphatic rings. The van der Waals surface area contributed by atoms with Gasteiger partial charge in [-0.3, -0.25) is 4.40 Å². The molecule has 4 rings (SSSR count). The van der Waals surface area contributed by atoms with E-state index in [1.165, 1.54) is 11.1 Å². The quantitative estimate of drug-likeness (QED) is 0.619. The zero-order valence-corrected chi connectivity index (χ0v) is 12.8. The highest BCUT2D eigenvalue weighted by Crippen LogP contribution is 2.32. The number of anilines is 1. The lowest BCUT2D eigenvalue weighted by Gasteiger charge is -2.10. The highest BCUT2D eigenvalue weighted by atomic mass is 15.1. The average Bonchev–Trinajstić information content (AvgIpc) is 3.06. The van der Waals surface area contributed by atoms with Gasteiger partial charge in [0, 0.05) is 25.0 Å². The number of benzene rings is 2. The van der Waals surface area contributed by atoms with Gasteiger partial charge in [0.1, 0.15) is 0 Å². The fourth-order valence-corrected chi connectivity index (χ4v) is 2.87. The maximum absolute atomic E-state index is 4.54. The average molecular weight is 300 g/mol. The van der Waals surface area contributed by atoms with Crippen LogP contribution in [0.3, 0.4) is 0 Å². The Morgan fingerprint density at radius 2 is 1.61 bits per heavy atom. The summed E-state index contributed by atoms with van der Waals surface area (Å²) in [6.45, 7) is 0. The summed E-state index contributed by atoms with van der Waals surface area (Å²) in [5.74, 6) is 0.774. The zero-order valence-electron chi connectivity index (χ0n) is 12.8. The van der Waals surface area contributed by atoms with Gasteiger partial charge in [0.15, 0.2) is 11.5 Å². The predicted octanol–water partition coefficient (Wildman–Crippen LogP) is 4.11. The molecule has 0 fully saturated rings. The Kier molecular flexibility index (Phi) is 3.27. The number of hydrogen-bond acceptors (Lipinski definition) is 3. The highest BCUT2D eigenvalue weighted by molar-refractivity contribution is 5.83. The Morgan fingerprint density at radius 1 is 0.870 bits per heavy atom.